The maximum atomic E-state index is 11.9. The van der Waals surface area contributed by atoms with Gasteiger partial charge in [0.15, 0.2) is 0 Å². The zero-order valence-electron chi connectivity index (χ0n) is 9.29. The van der Waals surface area contributed by atoms with E-state index in [1.54, 1.807) is 6.08 Å². The summed E-state index contributed by atoms with van der Waals surface area (Å²) in [7, 11) is 0. The molecule has 1 rings (SSSR count). The van der Waals surface area contributed by atoms with Crippen LogP contribution in [0.4, 0.5) is 0 Å². The Labute approximate surface area is 91.1 Å². The molecular weight excluding hydrogens is 188 g/mol. The predicted molar refractivity (Wildman–Crippen MR) is 60.5 cm³/mol. The summed E-state index contributed by atoms with van der Waals surface area (Å²) >= 11 is 0. The Kier molecular flexibility index (Phi) is 4.01. The number of rotatable bonds is 4. The van der Waals surface area contributed by atoms with Crippen LogP contribution in [-0.4, -0.2) is 11.6 Å². The van der Waals surface area contributed by atoms with Crippen LogP contribution in [0.3, 0.4) is 0 Å². The van der Waals surface area contributed by atoms with E-state index in [2.05, 4.69) is 6.58 Å². The monoisotopic (exact) mass is 206 g/mol. The Morgan fingerprint density at radius 3 is 2.33 bits per heavy atom. The lowest BCUT2D eigenvalue weighted by atomic mass is 9.67. The van der Waals surface area contributed by atoms with Gasteiger partial charge in [-0.15, -0.1) is 6.58 Å². The molecule has 0 aliphatic heterocycles. The van der Waals surface area contributed by atoms with Gasteiger partial charge in [0, 0.05) is 12.8 Å². The van der Waals surface area contributed by atoms with Crippen molar-refractivity contribution in [2.24, 2.45) is 5.41 Å². The molecule has 0 spiro atoms. The van der Waals surface area contributed by atoms with E-state index in [4.69, 9.17) is 0 Å². The van der Waals surface area contributed by atoms with Gasteiger partial charge in [0.2, 0.25) is 0 Å². The number of hydrogen-bond acceptors (Lipinski definition) is 2. The highest BCUT2D eigenvalue weighted by Crippen LogP contribution is 2.37. The normalized spacial score (nSPS) is 20.9. The molecule has 0 unspecified atom stereocenters. The van der Waals surface area contributed by atoms with E-state index in [1.807, 2.05) is 19.1 Å². The van der Waals surface area contributed by atoms with Crippen LogP contribution in [0, 0.1) is 5.41 Å². The van der Waals surface area contributed by atoms with Gasteiger partial charge < -0.3 is 0 Å². The Morgan fingerprint density at radius 1 is 1.27 bits per heavy atom. The predicted octanol–water partition coefficient (Wildman–Crippen LogP) is 2.84. The molecule has 15 heavy (non-hydrogen) atoms. The number of carbonyl (C=O) groups excluding carboxylic acids is 2. The topological polar surface area (TPSA) is 34.1 Å². The third kappa shape index (κ3) is 2.25. The van der Waals surface area contributed by atoms with Crippen LogP contribution < -0.4 is 0 Å². The molecule has 1 aliphatic rings. The number of allylic oxidation sites excluding steroid dienone is 3. The molecule has 0 aromatic heterocycles. The number of carbonyl (C=O) groups is 2. The largest absolute Gasteiger partial charge is 0.299 e. The molecule has 0 aromatic carbocycles. The highest BCUT2D eigenvalue weighted by molar-refractivity contribution is 6.09. The van der Waals surface area contributed by atoms with E-state index < -0.39 is 5.41 Å². The Morgan fingerprint density at radius 2 is 1.87 bits per heavy atom. The van der Waals surface area contributed by atoms with E-state index in [9.17, 15) is 9.59 Å². The molecule has 0 saturated heterocycles. The smallest absolute Gasteiger partial charge is 0.147 e. The van der Waals surface area contributed by atoms with Gasteiger partial charge >= 0.3 is 0 Å². The molecular formula is C13H18O2. The van der Waals surface area contributed by atoms with Crippen LogP contribution in [0.15, 0.2) is 24.8 Å². The number of hydrogen-bond donors (Lipinski definition) is 0. The van der Waals surface area contributed by atoms with Gasteiger partial charge in [0.1, 0.15) is 11.6 Å². The molecule has 1 aliphatic carbocycles. The van der Waals surface area contributed by atoms with Crippen molar-refractivity contribution in [2.45, 2.75) is 39.0 Å². The lowest BCUT2D eigenvalue weighted by Gasteiger charge is -2.32. The number of Topliss-reactive ketones (excluding diaryl/α,β-unsaturated/α-hetero) is 2. The third-order valence-corrected chi connectivity index (χ3v) is 3.07. The maximum absolute atomic E-state index is 11.9. The minimum Gasteiger partial charge on any atom is -0.299 e. The highest BCUT2D eigenvalue weighted by Gasteiger charge is 2.44. The van der Waals surface area contributed by atoms with Gasteiger partial charge in [0.05, 0.1) is 5.41 Å². The lowest BCUT2D eigenvalue weighted by molar-refractivity contribution is -0.143. The summed E-state index contributed by atoms with van der Waals surface area (Å²) in [6.07, 6.45) is 8.29. The zero-order valence-corrected chi connectivity index (χ0v) is 9.29. The maximum Gasteiger partial charge on any atom is 0.147 e. The first kappa shape index (κ1) is 11.9. The van der Waals surface area contributed by atoms with E-state index in [1.165, 1.54) is 0 Å². The van der Waals surface area contributed by atoms with E-state index in [0.717, 1.165) is 0 Å². The molecule has 2 nitrogen and oxygen atoms in total. The first-order valence-electron chi connectivity index (χ1n) is 5.46. The van der Waals surface area contributed by atoms with Gasteiger partial charge in [-0.1, -0.05) is 18.2 Å². The molecule has 0 aromatic rings. The van der Waals surface area contributed by atoms with Crippen molar-refractivity contribution in [3.63, 3.8) is 0 Å². The van der Waals surface area contributed by atoms with Crippen molar-refractivity contribution in [3.8, 4) is 0 Å². The second kappa shape index (κ2) is 5.06. The van der Waals surface area contributed by atoms with Crippen molar-refractivity contribution in [3.05, 3.63) is 24.8 Å². The van der Waals surface area contributed by atoms with Crippen LogP contribution in [0.5, 0.6) is 0 Å². The van der Waals surface area contributed by atoms with Gasteiger partial charge in [-0.05, 0) is 26.2 Å². The van der Waals surface area contributed by atoms with Gasteiger partial charge in [0.25, 0.3) is 0 Å². The minimum atomic E-state index is -0.785. The van der Waals surface area contributed by atoms with Gasteiger partial charge in [-0.3, -0.25) is 9.59 Å². The van der Waals surface area contributed by atoms with E-state index in [0.29, 0.717) is 32.1 Å². The summed E-state index contributed by atoms with van der Waals surface area (Å²) < 4.78 is 0. The molecule has 82 valence electrons. The molecule has 0 bridgehead atoms. The Hall–Kier alpha value is -1.18. The van der Waals surface area contributed by atoms with Crippen LogP contribution >= 0.6 is 0 Å². The second-order valence-electron chi connectivity index (χ2n) is 4.05. The van der Waals surface area contributed by atoms with Crippen molar-refractivity contribution in [2.75, 3.05) is 0 Å². The molecule has 0 atom stereocenters. The first-order chi connectivity index (χ1) is 7.17. The fourth-order valence-corrected chi connectivity index (χ4v) is 2.15. The second-order valence-corrected chi connectivity index (χ2v) is 4.05. The Bertz CT molecular complexity index is 284. The summed E-state index contributed by atoms with van der Waals surface area (Å²) in [5.74, 6) is 0.188. The van der Waals surface area contributed by atoms with E-state index >= 15 is 0 Å². The quantitative estimate of drug-likeness (QED) is 0.523. The van der Waals surface area contributed by atoms with Crippen LogP contribution in [-0.2, 0) is 9.59 Å². The van der Waals surface area contributed by atoms with Crippen LogP contribution in [0.25, 0.3) is 0 Å². The molecule has 0 radical (unpaired) electrons. The van der Waals surface area contributed by atoms with Crippen molar-refractivity contribution in [1.82, 2.24) is 0 Å². The fourth-order valence-electron chi connectivity index (χ4n) is 2.15. The zero-order chi connectivity index (χ0) is 11.3. The molecule has 1 saturated carbocycles. The molecule has 2 heteroatoms. The molecule has 0 N–H and O–H groups in total. The standard InChI is InChI=1S/C13H18O2/c1-3-5-10-13(9-4-2)11(14)7-6-8-12(13)15/h3-5H,2,6-10H2,1H3. The third-order valence-electron chi connectivity index (χ3n) is 3.07. The lowest BCUT2D eigenvalue weighted by Crippen LogP contribution is -2.41. The molecule has 0 amide bonds. The van der Waals surface area contributed by atoms with Crippen molar-refractivity contribution in [1.29, 1.82) is 0 Å². The fraction of sp³-hybridized carbons (Fsp3) is 0.538. The summed E-state index contributed by atoms with van der Waals surface area (Å²) in [6.45, 7) is 5.55. The highest BCUT2D eigenvalue weighted by atomic mass is 16.2. The van der Waals surface area contributed by atoms with Gasteiger partial charge in [-0.25, -0.2) is 0 Å². The average Bonchev–Trinajstić information content (AvgIpc) is 2.22. The number of ketones is 2. The van der Waals surface area contributed by atoms with E-state index in [-0.39, 0.29) is 11.6 Å². The first-order valence-corrected chi connectivity index (χ1v) is 5.46. The summed E-state index contributed by atoms with van der Waals surface area (Å²) in [6, 6.07) is 0. The SMILES string of the molecule is C=CCC1(CC=CC)C(=O)CCCC1=O. The summed E-state index contributed by atoms with van der Waals surface area (Å²) in [4.78, 5) is 23.8. The van der Waals surface area contributed by atoms with Crippen molar-refractivity contribution >= 4 is 11.6 Å². The van der Waals surface area contributed by atoms with Crippen LogP contribution in [0.1, 0.15) is 39.0 Å². The summed E-state index contributed by atoms with van der Waals surface area (Å²) in [5, 5.41) is 0. The molecule has 1 fully saturated rings. The van der Waals surface area contributed by atoms with Crippen molar-refractivity contribution < 1.29 is 9.59 Å². The van der Waals surface area contributed by atoms with Crippen LogP contribution in [0.2, 0.25) is 0 Å². The van der Waals surface area contributed by atoms with Gasteiger partial charge in [-0.2, -0.15) is 0 Å². The minimum absolute atomic E-state index is 0.0942. The summed E-state index contributed by atoms with van der Waals surface area (Å²) in [5.41, 5.74) is -0.785. The molecule has 0 heterocycles. The average molecular weight is 206 g/mol. The Balaban J connectivity index is 2.97.